The van der Waals surface area contributed by atoms with E-state index in [1.54, 1.807) is 0 Å². The van der Waals surface area contributed by atoms with Crippen LogP contribution in [0.4, 0.5) is 52.7 Å². The lowest BCUT2D eigenvalue weighted by molar-refractivity contribution is -0.456. The highest BCUT2D eigenvalue weighted by molar-refractivity contribution is 6.15. The zero-order valence-corrected chi connectivity index (χ0v) is 10.4. The zero-order valence-electron chi connectivity index (χ0n) is 10.4. The molecular weight excluding hydrogens is 380 g/mol. The van der Waals surface area contributed by atoms with Gasteiger partial charge in [-0.25, -0.2) is 17.6 Å². The molecule has 136 valence electrons. The highest BCUT2D eigenvalue weighted by Gasteiger charge is 3.16. The van der Waals surface area contributed by atoms with Gasteiger partial charge >= 0.3 is 46.4 Å². The lowest BCUT2D eigenvalue weighted by atomic mass is 9.43. The van der Waals surface area contributed by atoms with Crippen LogP contribution in [-0.2, 0) is 9.59 Å². The number of rotatable bonds is 0. The molecule has 0 saturated heterocycles. The molecule has 14 heteroatoms. The quantitative estimate of drug-likeness (QED) is 0.606. The van der Waals surface area contributed by atoms with E-state index in [-0.39, 0.29) is 0 Å². The van der Waals surface area contributed by atoms with Crippen molar-refractivity contribution < 1.29 is 62.3 Å². The van der Waals surface area contributed by atoms with E-state index >= 15 is 0 Å². The minimum Gasteiger partial charge on any atom is -0.291 e. The topological polar surface area (TPSA) is 34.1 Å². The second-order valence-electron chi connectivity index (χ2n) is 5.59. The Morgan fingerprint density at radius 2 is 0.500 bits per heavy atom. The Kier molecular flexibility index (Phi) is 2.37. The molecule has 4 rings (SSSR count). The van der Waals surface area contributed by atoms with Gasteiger partial charge in [-0.15, -0.1) is 0 Å². The van der Waals surface area contributed by atoms with Crippen LogP contribution in [0, 0.1) is 0 Å². The molecule has 0 atom stereocenters. The van der Waals surface area contributed by atoms with E-state index < -0.39 is 57.9 Å². The van der Waals surface area contributed by atoms with Gasteiger partial charge in [0.2, 0.25) is 11.6 Å². The Hall–Kier alpha value is -1.50. The van der Waals surface area contributed by atoms with E-state index in [4.69, 9.17) is 0 Å². The molecule has 0 aromatic rings. The number of hydrogen-bond donors (Lipinski definition) is 0. The summed E-state index contributed by atoms with van der Waals surface area (Å²) in [5.41, 5.74) is -27.1. The van der Waals surface area contributed by atoms with Crippen molar-refractivity contribution in [2.45, 2.75) is 46.4 Å². The molecule has 24 heavy (non-hydrogen) atoms. The molecule has 0 spiro atoms. The van der Waals surface area contributed by atoms with Crippen LogP contribution >= 0.6 is 0 Å². The molecule has 0 amide bonds. The van der Waals surface area contributed by atoms with E-state index in [2.05, 4.69) is 0 Å². The van der Waals surface area contributed by atoms with Crippen LogP contribution in [0.5, 0.6) is 0 Å². The fraction of sp³-hybridized carbons (Fsp3) is 0.800. The summed E-state index contributed by atoms with van der Waals surface area (Å²) < 4.78 is 165. The molecule has 0 heterocycles. The van der Waals surface area contributed by atoms with Crippen LogP contribution in [0.15, 0.2) is 0 Å². The van der Waals surface area contributed by atoms with Crippen LogP contribution in [-0.4, -0.2) is 57.9 Å². The summed E-state index contributed by atoms with van der Waals surface area (Å²) in [4.78, 5) is 22.3. The maximum Gasteiger partial charge on any atom is 0.341 e. The van der Waals surface area contributed by atoms with Crippen molar-refractivity contribution in [3.63, 3.8) is 0 Å². The summed E-state index contributed by atoms with van der Waals surface area (Å²) in [6.07, 6.45) is 0. The first-order valence-electron chi connectivity index (χ1n) is 5.68. The molecule has 0 aromatic heterocycles. The van der Waals surface area contributed by atoms with E-state index in [0.717, 1.165) is 0 Å². The van der Waals surface area contributed by atoms with Crippen molar-refractivity contribution in [3.05, 3.63) is 0 Å². The van der Waals surface area contributed by atoms with Gasteiger partial charge in [-0.1, -0.05) is 0 Å². The Morgan fingerprint density at radius 1 is 0.375 bits per heavy atom. The maximum atomic E-state index is 14.0. The van der Waals surface area contributed by atoms with E-state index in [1.165, 1.54) is 0 Å². The van der Waals surface area contributed by atoms with Crippen molar-refractivity contribution in [3.8, 4) is 0 Å². The minimum absolute atomic E-state index is 4.45. The van der Waals surface area contributed by atoms with Gasteiger partial charge < -0.3 is 0 Å². The fourth-order valence-electron chi connectivity index (χ4n) is 3.35. The van der Waals surface area contributed by atoms with Crippen LogP contribution in [0.3, 0.4) is 0 Å². The highest BCUT2D eigenvalue weighted by atomic mass is 19.3. The first-order chi connectivity index (χ1) is 10.3. The lowest BCUT2D eigenvalue weighted by Crippen LogP contribution is -3.04. The van der Waals surface area contributed by atoms with Crippen LogP contribution in [0.25, 0.3) is 0 Å². The van der Waals surface area contributed by atoms with Crippen molar-refractivity contribution >= 4 is 11.6 Å². The molecule has 0 aromatic carbocycles. The fourth-order valence-corrected chi connectivity index (χ4v) is 3.35. The largest absolute Gasteiger partial charge is 0.341 e. The highest BCUT2D eigenvalue weighted by Crippen LogP contribution is 2.80. The van der Waals surface area contributed by atoms with Crippen LogP contribution < -0.4 is 0 Å². The normalized spacial score (nSPS) is 52.7. The summed E-state index contributed by atoms with van der Waals surface area (Å²) in [5.74, 6) is -37.1. The molecule has 2 nitrogen and oxygen atoms in total. The number of alkyl halides is 12. The van der Waals surface area contributed by atoms with Gasteiger partial charge in [-0.3, -0.25) is 9.59 Å². The molecule has 4 fully saturated rings. The van der Waals surface area contributed by atoms with Crippen molar-refractivity contribution in [1.29, 1.82) is 0 Å². The number of ketones is 2. The van der Waals surface area contributed by atoms with Crippen molar-refractivity contribution in [2.75, 3.05) is 0 Å². The second-order valence-corrected chi connectivity index (χ2v) is 5.59. The van der Waals surface area contributed by atoms with Crippen LogP contribution in [0.2, 0.25) is 0 Å². The minimum atomic E-state index is -7.04. The Labute approximate surface area is 121 Å². The Balaban J connectivity index is 2.64. The Morgan fingerprint density at radius 3 is 0.625 bits per heavy atom. The third-order valence-corrected chi connectivity index (χ3v) is 4.71. The number of carbonyl (C=O) groups is 2. The monoisotopic (exact) mass is 380 g/mol. The number of Topliss-reactive ketones (excluding diaryl/α,β-unsaturated/α-hetero) is 2. The van der Waals surface area contributed by atoms with Gasteiger partial charge in [0.05, 0.1) is 0 Å². The molecule has 4 bridgehead atoms. The van der Waals surface area contributed by atoms with Crippen molar-refractivity contribution in [2.24, 2.45) is 0 Å². The van der Waals surface area contributed by atoms with E-state index in [1.807, 2.05) is 0 Å². The van der Waals surface area contributed by atoms with Crippen molar-refractivity contribution in [1.82, 2.24) is 0 Å². The third kappa shape index (κ3) is 0.873. The molecular formula is C10F12O2. The predicted molar refractivity (Wildman–Crippen MR) is 45.2 cm³/mol. The van der Waals surface area contributed by atoms with E-state index in [0.29, 0.717) is 0 Å². The maximum absolute atomic E-state index is 14.0. The van der Waals surface area contributed by atoms with Gasteiger partial charge in [-0.05, 0) is 0 Å². The van der Waals surface area contributed by atoms with Gasteiger partial charge in [0.25, 0.3) is 0 Å². The molecule has 0 unspecified atom stereocenters. The molecule has 0 N–H and O–H groups in total. The molecule has 4 aliphatic rings. The standard InChI is InChI=1S/C10F12O2/c11-3-1(23)4(12)9(19,20)5(13,7(3,15)16)2(24)6(14,8(3,17)18)10(4,21)22. The second kappa shape index (κ2) is 3.28. The molecule has 4 saturated carbocycles. The summed E-state index contributed by atoms with van der Waals surface area (Å²) in [5, 5.41) is 0. The molecule has 0 radical (unpaired) electrons. The lowest BCUT2D eigenvalue weighted by Gasteiger charge is -2.67. The summed E-state index contributed by atoms with van der Waals surface area (Å²) >= 11 is 0. The molecule has 4 aliphatic carbocycles. The first kappa shape index (κ1) is 17.3. The van der Waals surface area contributed by atoms with Crippen LogP contribution in [0.1, 0.15) is 0 Å². The van der Waals surface area contributed by atoms with Gasteiger partial charge in [-0.2, -0.15) is 35.1 Å². The molecule has 0 aliphatic heterocycles. The first-order valence-corrected chi connectivity index (χ1v) is 5.68. The van der Waals surface area contributed by atoms with Gasteiger partial charge in [0.15, 0.2) is 0 Å². The average molecular weight is 380 g/mol. The third-order valence-electron chi connectivity index (χ3n) is 4.71. The smallest absolute Gasteiger partial charge is 0.291 e. The zero-order chi connectivity index (χ0) is 19.2. The number of halogens is 12. The number of hydrogen-bond acceptors (Lipinski definition) is 2. The Bertz CT molecular complexity index is 569. The van der Waals surface area contributed by atoms with Gasteiger partial charge in [0.1, 0.15) is 0 Å². The summed E-state index contributed by atoms with van der Waals surface area (Å²) in [6, 6.07) is 0. The van der Waals surface area contributed by atoms with E-state index in [9.17, 15) is 62.3 Å². The summed E-state index contributed by atoms with van der Waals surface area (Å²) in [7, 11) is 0. The predicted octanol–water partition coefficient (Wildman–Crippen LogP) is 2.54. The average Bonchev–Trinajstić information content (AvgIpc) is 2.45. The summed E-state index contributed by atoms with van der Waals surface area (Å²) in [6.45, 7) is 0. The van der Waals surface area contributed by atoms with Gasteiger partial charge in [0, 0.05) is 0 Å². The number of carbonyl (C=O) groups excluding carboxylic acids is 2. The SMILES string of the molecule is O=C1C2(F)C(F)(F)C3(F)C(=O)C(F)(C2(F)F)C(F)(F)C1(F)C3(F)F.